The summed E-state index contributed by atoms with van der Waals surface area (Å²) in [6, 6.07) is 0.711. The predicted molar refractivity (Wildman–Crippen MR) is 78.0 cm³/mol. The van der Waals surface area contributed by atoms with Crippen LogP contribution in [0.5, 0.6) is 0 Å². The maximum absolute atomic E-state index is 4.75. The maximum Gasteiger partial charge on any atom is 0.151 e. The molecule has 0 amide bonds. The molecule has 1 aliphatic carbocycles. The predicted octanol–water partition coefficient (Wildman–Crippen LogP) is 2.87. The van der Waals surface area contributed by atoms with Crippen LogP contribution in [0.4, 0.5) is 0 Å². The molecule has 4 nitrogen and oxygen atoms in total. The van der Waals surface area contributed by atoms with Crippen molar-refractivity contribution in [3.05, 3.63) is 11.6 Å². The van der Waals surface area contributed by atoms with E-state index in [1.54, 1.807) is 0 Å². The summed E-state index contributed by atoms with van der Waals surface area (Å²) in [5.74, 6) is 2.73. The quantitative estimate of drug-likeness (QED) is 0.859. The molecule has 1 atom stereocenters. The van der Waals surface area contributed by atoms with Gasteiger partial charge in [-0.05, 0) is 39.5 Å². The molecule has 19 heavy (non-hydrogen) atoms. The molecule has 1 unspecified atom stereocenters. The summed E-state index contributed by atoms with van der Waals surface area (Å²) in [6.07, 6.45) is 4.78. The minimum Gasteiger partial charge on any atom is -0.307 e. The van der Waals surface area contributed by atoms with Gasteiger partial charge in [0.25, 0.3) is 0 Å². The molecule has 1 aromatic heterocycles. The third-order valence-corrected chi connectivity index (χ3v) is 3.71. The van der Waals surface area contributed by atoms with Crippen LogP contribution in [0.15, 0.2) is 0 Å². The summed E-state index contributed by atoms with van der Waals surface area (Å²) in [5, 5.41) is 8.28. The number of nitrogens with zero attached hydrogens (tertiary/aromatic N) is 3. The molecule has 0 aromatic carbocycles. The van der Waals surface area contributed by atoms with E-state index in [0.29, 0.717) is 12.0 Å². The van der Waals surface area contributed by atoms with Crippen LogP contribution in [0, 0.1) is 5.92 Å². The molecule has 108 valence electrons. The highest BCUT2D eigenvalue weighted by Gasteiger charge is 2.24. The maximum atomic E-state index is 4.75. The van der Waals surface area contributed by atoms with Crippen molar-refractivity contribution in [2.24, 2.45) is 5.92 Å². The van der Waals surface area contributed by atoms with E-state index in [1.165, 1.54) is 19.3 Å². The van der Waals surface area contributed by atoms with Crippen molar-refractivity contribution in [3.8, 4) is 0 Å². The van der Waals surface area contributed by atoms with E-state index in [1.807, 2.05) is 0 Å². The van der Waals surface area contributed by atoms with Crippen molar-refractivity contribution in [2.45, 2.75) is 78.4 Å². The number of nitrogens with one attached hydrogen (secondary N) is 1. The largest absolute Gasteiger partial charge is 0.307 e. The summed E-state index contributed by atoms with van der Waals surface area (Å²) in [5.41, 5.74) is 0.00126. The zero-order valence-electron chi connectivity index (χ0n) is 13.0. The lowest BCUT2D eigenvalue weighted by atomic mass is 10.1. The van der Waals surface area contributed by atoms with E-state index in [0.717, 1.165) is 24.6 Å². The second-order valence-electron chi connectivity index (χ2n) is 6.90. The molecule has 1 saturated carbocycles. The summed E-state index contributed by atoms with van der Waals surface area (Å²) < 4.78 is 2.10. The monoisotopic (exact) mass is 264 g/mol. The van der Waals surface area contributed by atoms with E-state index in [4.69, 9.17) is 10.1 Å². The molecular weight excluding hydrogens is 236 g/mol. The summed E-state index contributed by atoms with van der Waals surface area (Å²) in [7, 11) is 0. The average Bonchev–Trinajstić information content (AvgIpc) is 3.06. The molecule has 0 bridgehead atoms. The van der Waals surface area contributed by atoms with Crippen LogP contribution in [0.3, 0.4) is 0 Å². The third kappa shape index (κ3) is 4.03. The van der Waals surface area contributed by atoms with Gasteiger partial charge in [0.1, 0.15) is 5.82 Å². The van der Waals surface area contributed by atoms with Gasteiger partial charge < -0.3 is 5.32 Å². The average molecular weight is 264 g/mol. The Morgan fingerprint density at radius 3 is 2.58 bits per heavy atom. The van der Waals surface area contributed by atoms with Gasteiger partial charge in [-0.25, -0.2) is 9.67 Å². The molecule has 4 heteroatoms. The number of hydrogen-bond donors (Lipinski definition) is 1. The van der Waals surface area contributed by atoms with Gasteiger partial charge in [-0.15, -0.1) is 0 Å². The normalized spacial score (nSPS) is 17.7. The number of hydrogen-bond acceptors (Lipinski definition) is 3. The van der Waals surface area contributed by atoms with E-state index in [9.17, 15) is 0 Å². The molecule has 1 fully saturated rings. The van der Waals surface area contributed by atoms with Crippen LogP contribution >= 0.6 is 0 Å². The molecule has 1 heterocycles. The Balaban J connectivity index is 2.12. The zero-order valence-corrected chi connectivity index (χ0v) is 13.0. The minimum absolute atomic E-state index is 0.00126. The molecule has 1 aromatic rings. The molecule has 2 rings (SSSR count). The van der Waals surface area contributed by atoms with Crippen LogP contribution in [0.1, 0.15) is 65.5 Å². The summed E-state index contributed by atoms with van der Waals surface area (Å²) in [4.78, 5) is 4.75. The lowest BCUT2D eigenvalue weighted by Gasteiger charge is -2.21. The van der Waals surface area contributed by atoms with Crippen molar-refractivity contribution >= 4 is 0 Å². The Bertz CT molecular complexity index is 412. The summed E-state index contributed by atoms with van der Waals surface area (Å²) in [6.45, 7) is 11.9. The first kappa shape index (κ1) is 14.5. The van der Waals surface area contributed by atoms with Crippen molar-refractivity contribution in [3.63, 3.8) is 0 Å². The van der Waals surface area contributed by atoms with E-state index in [-0.39, 0.29) is 5.54 Å². The number of aromatic nitrogens is 3. The third-order valence-electron chi connectivity index (χ3n) is 3.71. The van der Waals surface area contributed by atoms with Gasteiger partial charge in [0.15, 0.2) is 5.82 Å². The fourth-order valence-corrected chi connectivity index (χ4v) is 2.11. The molecule has 0 spiro atoms. The Morgan fingerprint density at radius 2 is 2.05 bits per heavy atom. The Hall–Kier alpha value is -0.900. The van der Waals surface area contributed by atoms with Crippen LogP contribution in [-0.2, 0) is 18.5 Å². The summed E-state index contributed by atoms with van der Waals surface area (Å²) >= 11 is 0. The van der Waals surface area contributed by atoms with E-state index >= 15 is 0 Å². The Kier molecular flexibility index (Phi) is 4.29. The van der Waals surface area contributed by atoms with E-state index < -0.39 is 0 Å². The van der Waals surface area contributed by atoms with Gasteiger partial charge >= 0.3 is 0 Å². The lowest BCUT2D eigenvalue weighted by Crippen LogP contribution is -2.28. The van der Waals surface area contributed by atoms with Crippen molar-refractivity contribution in [2.75, 3.05) is 0 Å². The highest BCUT2D eigenvalue weighted by molar-refractivity contribution is 4.99. The van der Waals surface area contributed by atoms with E-state index in [2.05, 4.69) is 44.6 Å². The second kappa shape index (κ2) is 5.61. The first-order valence-corrected chi connectivity index (χ1v) is 7.58. The first-order valence-electron chi connectivity index (χ1n) is 7.58. The number of rotatable bonds is 6. The van der Waals surface area contributed by atoms with Gasteiger partial charge in [-0.1, -0.05) is 20.3 Å². The van der Waals surface area contributed by atoms with Crippen molar-refractivity contribution in [1.29, 1.82) is 0 Å². The van der Waals surface area contributed by atoms with Gasteiger partial charge in [0, 0.05) is 12.5 Å². The molecule has 1 aliphatic rings. The van der Waals surface area contributed by atoms with Crippen LogP contribution < -0.4 is 5.32 Å². The fraction of sp³-hybridized carbons (Fsp3) is 0.867. The van der Waals surface area contributed by atoms with Crippen molar-refractivity contribution in [1.82, 2.24) is 20.1 Å². The zero-order chi connectivity index (χ0) is 14.0. The van der Waals surface area contributed by atoms with Gasteiger partial charge in [-0.3, -0.25) is 0 Å². The lowest BCUT2D eigenvalue weighted by molar-refractivity contribution is 0.335. The Labute approximate surface area is 117 Å². The molecule has 0 radical (unpaired) electrons. The molecule has 0 aliphatic heterocycles. The smallest absolute Gasteiger partial charge is 0.151 e. The SMILES string of the molecule is CCC(C)Cc1nc(CNC2CC2)n(C(C)(C)C)n1. The highest BCUT2D eigenvalue weighted by atomic mass is 15.4. The minimum atomic E-state index is 0.00126. The topological polar surface area (TPSA) is 42.7 Å². The van der Waals surface area contributed by atoms with Gasteiger partial charge in [0.05, 0.1) is 12.1 Å². The molecule has 0 saturated heterocycles. The standard InChI is InChI=1S/C15H28N4/c1-6-11(2)9-13-17-14(10-16-12-7-8-12)19(18-13)15(3,4)5/h11-12,16H,6-10H2,1-5H3. The Morgan fingerprint density at radius 1 is 1.37 bits per heavy atom. The van der Waals surface area contributed by atoms with Crippen molar-refractivity contribution < 1.29 is 0 Å². The first-order chi connectivity index (χ1) is 8.90. The van der Waals surface area contributed by atoms with Crippen LogP contribution in [0.25, 0.3) is 0 Å². The second-order valence-corrected chi connectivity index (χ2v) is 6.90. The molecule has 1 N–H and O–H groups in total. The molecular formula is C15H28N4. The van der Waals surface area contributed by atoms with Crippen LogP contribution in [-0.4, -0.2) is 20.8 Å². The van der Waals surface area contributed by atoms with Gasteiger partial charge in [0.2, 0.25) is 0 Å². The van der Waals surface area contributed by atoms with Crippen LogP contribution in [0.2, 0.25) is 0 Å². The van der Waals surface area contributed by atoms with Gasteiger partial charge in [-0.2, -0.15) is 5.10 Å². The highest BCUT2D eigenvalue weighted by Crippen LogP contribution is 2.21. The fourth-order valence-electron chi connectivity index (χ4n) is 2.11.